The van der Waals surface area contributed by atoms with Gasteiger partial charge in [-0.25, -0.2) is 4.39 Å². The van der Waals surface area contributed by atoms with Gasteiger partial charge < -0.3 is 5.32 Å². The third-order valence-corrected chi connectivity index (χ3v) is 3.81. The Morgan fingerprint density at radius 1 is 1.09 bits per heavy atom. The molecule has 0 aliphatic heterocycles. The van der Waals surface area contributed by atoms with Gasteiger partial charge >= 0.3 is 0 Å². The van der Waals surface area contributed by atoms with Crippen LogP contribution in [-0.2, 0) is 11.2 Å². The van der Waals surface area contributed by atoms with Crippen LogP contribution in [0.25, 0.3) is 10.4 Å². The molecule has 0 aliphatic carbocycles. The van der Waals surface area contributed by atoms with Crippen molar-refractivity contribution in [2.24, 2.45) is 0 Å². The molecular formula is C16H12FN3OS. The number of benzene rings is 2. The normalized spacial score (nSPS) is 10.4. The molecule has 0 fully saturated rings. The summed E-state index contributed by atoms with van der Waals surface area (Å²) in [6.07, 6.45) is 1.91. The Balaban J connectivity index is 1.63. The highest BCUT2D eigenvalue weighted by atomic mass is 32.1. The molecule has 1 N–H and O–H groups in total. The van der Waals surface area contributed by atoms with E-state index in [1.807, 2.05) is 24.3 Å². The Labute approximate surface area is 130 Å². The number of amides is 1. The Bertz CT molecular complexity index is 755. The van der Waals surface area contributed by atoms with E-state index in [9.17, 15) is 9.18 Å². The lowest BCUT2D eigenvalue weighted by atomic mass is 10.1. The first kappa shape index (κ1) is 14.3. The number of rotatable bonds is 4. The minimum Gasteiger partial charge on any atom is -0.326 e. The van der Waals surface area contributed by atoms with Gasteiger partial charge in [0.05, 0.1) is 17.5 Å². The van der Waals surface area contributed by atoms with Crippen molar-refractivity contribution in [3.63, 3.8) is 0 Å². The fourth-order valence-corrected chi connectivity index (χ4v) is 2.52. The van der Waals surface area contributed by atoms with E-state index in [1.54, 1.807) is 18.3 Å². The van der Waals surface area contributed by atoms with E-state index in [0.29, 0.717) is 5.69 Å². The molecule has 4 nitrogen and oxygen atoms in total. The zero-order valence-electron chi connectivity index (χ0n) is 11.5. The first-order valence-corrected chi connectivity index (χ1v) is 7.40. The molecule has 6 heteroatoms. The van der Waals surface area contributed by atoms with Crippen molar-refractivity contribution in [2.75, 3.05) is 5.32 Å². The lowest BCUT2D eigenvalue weighted by molar-refractivity contribution is -0.115. The Kier molecular flexibility index (Phi) is 4.20. The molecule has 1 amide bonds. The molecule has 1 heterocycles. The number of aromatic nitrogens is 2. The summed E-state index contributed by atoms with van der Waals surface area (Å²) in [5.74, 6) is -0.448. The Morgan fingerprint density at radius 2 is 1.82 bits per heavy atom. The zero-order valence-corrected chi connectivity index (χ0v) is 12.3. The van der Waals surface area contributed by atoms with Crippen molar-refractivity contribution in [2.45, 2.75) is 6.42 Å². The maximum atomic E-state index is 12.8. The van der Waals surface area contributed by atoms with E-state index < -0.39 is 0 Å². The molecule has 0 saturated carbocycles. The lowest BCUT2D eigenvalue weighted by Gasteiger charge is -2.06. The van der Waals surface area contributed by atoms with Crippen molar-refractivity contribution in [3.8, 4) is 10.4 Å². The number of hydrogen-bond donors (Lipinski definition) is 1. The molecule has 0 atom stereocenters. The molecule has 0 aliphatic rings. The number of hydrogen-bond acceptors (Lipinski definition) is 4. The van der Waals surface area contributed by atoms with Crippen LogP contribution >= 0.6 is 11.5 Å². The minimum atomic E-state index is -0.308. The van der Waals surface area contributed by atoms with Crippen LogP contribution in [0.3, 0.4) is 0 Å². The number of carbonyl (C=O) groups is 1. The van der Waals surface area contributed by atoms with Gasteiger partial charge in [0.25, 0.3) is 0 Å². The fourth-order valence-electron chi connectivity index (χ4n) is 2.01. The van der Waals surface area contributed by atoms with Crippen LogP contribution in [0, 0.1) is 5.82 Å². The standard InChI is InChI=1S/C16H12FN3OS/c17-13-5-1-11(2-6-13)9-16(21)19-14-7-3-12(4-8-14)15-10-18-20-22-15/h1-8,10H,9H2,(H,19,21). The summed E-state index contributed by atoms with van der Waals surface area (Å²) in [6, 6.07) is 13.4. The van der Waals surface area contributed by atoms with Gasteiger partial charge in [0.15, 0.2) is 0 Å². The van der Waals surface area contributed by atoms with Gasteiger partial charge in [-0.2, -0.15) is 0 Å². The van der Waals surface area contributed by atoms with Crippen molar-refractivity contribution >= 4 is 23.1 Å². The van der Waals surface area contributed by atoms with E-state index in [2.05, 4.69) is 14.9 Å². The summed E-state index contributed by atoms with van der Waals surface area (Å²) >= 11 is 1.32. The predicted molar refractivity (Wildman–Crippen MR) is 84.1 cm³/mol. The van der Waals surface area contributed by atoms with Gasteiger partial charge in [-0.15, -0.1) is 5.10 Å². The summed E-state index contributed by atoms with van der Waals surface area (Å²) in [4.78, 5) is 12.9. The summed E-state index contributed by atoms with van der Waals surface area (Å²) < 4.78 is 16.6. The van der Waals surface area contributed by atoms with E-state index >= 15 is 0 Å². The van der Waals surface area contributed by atoms with Crippen molar-refractivity contribution in [1.82, 2.24) is 9.59 Å². The summed E-state index contributed by atoms with van der Waals surface area (Å²) in [7, 11) is 0. The monoisotopic (exact) mass is 313 g/mol. The summed E-state index contributed by atoms with van der Waals surface area (Å²) in [5, 5.41) is 6.61. The van der Waals surface area contributed by atoms with Crippen LogP contribution in [-0.4, -0.2) is 15.5 Å². The van der Waals surface area contributed by atoms with Gasteiger partial charge in [-0.05, 0) is 46.9 Å². The Hall–Kier alpha value is -2.60. The third kappa shape index (κ3) is 3.53. The number of halogens is 1. The van der Waals surface area contributed by atoms with Crippen molar-refractivity contribution < 1.29 is 9.18 Å². The second kappa shape index (κ2) is 6.44. The number of carbonyl (C=O) groups excluding carboxylic acids is 1. The first-order valence-electron chi connectivity index (χ1n) is 6.63. The number of nitrogens with one attached hydrogen (secondary N) is 1. The molecule has 110 valence electrons. The molecule has 22 heavy (non-hydrogen) atoms. The molecular weight excluding hydrogens is 301 g/mol. The van der Waals surface area contributed by atoms with Crippen LogP contribution in [0.4, 0.5) is 10.1 Å². The highest BCUT2D eigenvalue weighted by molar-refractivity contribution is 7.09. The van der Waals surface area contributed by atoms with Gasteiger partial charge in [0.1, 0.15) is 5.82 Å². The molecule has 0 bridgehead atoms. The minimum absolute atomic E-state index is 0.140. The predicted octanol–water partition coefficient (Wildman–Crippen LogP) is 3.53. The average Bonchev–Trinajstić information content (AvgIpc) is 3.05. The lowest BCUT2D eigenvalue weighted by Crippen LogP contribution is -2.14. The highest BCUT2D eigenvalue weighted by Gasteiger charge is 2.05. The fraction of sp³-hybridized carbons (Fsp3) is 0.0625. The van der Waals surface area contributed by atoms with Gasteiger partial charge in [0.2, 0.25) is 5.91 Å². The smallest absolute Gasteiger partial charge is 0.228 e. The number of nitrogens with zero attached hydrogens (tertiary/aromatic N) is 2. The molecule has 0 saturated heterocycles. The van der Waals surface area contributed by atoms with E-state index in [4.69, 9.17) is 0 Å². The Morgan fingerprint density at radius 3 is 2.45 bits per heavy atom. The SMILES string of the molecule is O=C(Cc1ccc(F)cc1)Nc1ccc(-c2cnns2)cc1. The molecule has 0 radical (unpaired) electrons. The third-order valence-electron chi connectivity index (χ3n) is 3.09. The van der Waals surface area contributed by atoms with E-state index in [1.165, 1.54) is 23.7 Å². The maximum Gasteiger partial charge on any atom is 0.228 e. The van der Waals surface area contributed by atoms with Crippen LogP contribution in [0.5, 0.6) is 0 Å². The maximum absolute atomic E-state index is 12.8. The molecule has 0 spiro atoms. The van der Waals surface area contributed by atoms with Crippen molar-refractivity contribution in [1.29, 1.82) is 0 Å². The second-order valence-electron chi connectivity index (χ2n) is 4.71. The van der Waals surface area contributed by atoms with Gasteiger partial charge in [-0.3, -0.25) is 4.79 Å². The largest absolute Gasteiger partial charge is 0.326 e. The van der Waals surface area contributed by atoms with Crippen LogP contribution in [0.15, 0.2) is 54.7 Å². The molecule has 2 aromatic carbocycles. The molecule has 3 rings (SSSR count). The van der Waals surface area contributed by atoms with E-state index in [-0.39, 0.29) is 18.1 Å². The van der Waals surface area contributed by atoms with Crippen molar-refractivity contribution in [3.05, 3.63) is 66.1 Å². The van der Waals surface area contributed by atoms with E-state index in [0.717, 1.165) is 16.0 Å². The quantitative estimate of drug-likeness (QED) is 0.801. The van der Waals surface area contributed by atoms with Crippen LogP contribution in [0.2, 0.25) is 0 Å². The summed E-state index contributed by atoms with van der Waals surface area (Å²) in [5.41, 5.74) is 2.49. The second-order valence-corrected chi connectivity index (χ2v) is 5.50. The zero-order chi connectivity index (χ0) is 15.4. The van der Waals surface area contributed by atoms with Crippen LogP contribution in [0.1, 0.15) is 5.56 Å². The first-order chi connectivity index (χ1) is 10.7. The highest BCUT2D eigenvalue weighted by Crippen LogP contribution is 2.23. The summed E-state index contributed by atoms with van der Waals surface area (Å²) in [6.45, 7) is 0. The number of anilines is 1. The van der Waals surface area contributed by atoms with Gasteiger partial charge in [0, 0.05) is 5.69 Å². The average molecular weight is 313 g/mol. The van der Waals surface area contributed by atoms with Crippen LogP contribution < -0.4 is 5.32 Å². The molecule has 3 aromatic rings. The van der Waals surface area contributed by atoms with Gasteiger partial charge in [-0.1, -0.05) is 28.8 Å². The molecule has 0 unspecified atom stereocenters. The molecule has 1 aromatic heterocycles. The topological polar surface area (TPSA) is 54.9 Å².